The Morgan fingerprint density at radius 3 is 1.94 bits per heavy atom. The summed E-state index contributed by atoms with van der Waals surface area (Å²) in [4.78, 5) is 0. The summed E-state index contributed by atoms with van der Waals surface area (Å²) in [6, 6.07) is 5.88. The first-order valence-electron chi connectivity index (χ1n) is 13.9. The fourth-order valence-corrected chi connectivity index (χ4v) is 6.54. The van der Waals surface area contributed by atoms with Gasteiger partial charge in [0.1, 0.15) is 0 Å². The van der Waals surface area contributed by atoms with E-state index in [4.69, 9.17) is 0 Å². The van der Waals surface area contributed by atoms with Gasteiger partial charge < -0.3 is 4.74 Å². The van der Waals surface area contributed by atoms with Crippen molar-refractivity contribution < 1.29 is 26.7 Å². The third-order valence-electron chi connectivity index (χ3n) is 8.71. The Bertz CT molecular complexity index is 985. The van der Waals surface area contributed by atoms with Crippen LogP contribution in [0.5, 0.6) is 5.75 Å². The second kappa shape index (κ2) is 12.1. The van der Waals surface area contributed by atoms with E-state index in [1.807, 2.05) is 0 Å². The first-order chi connectivity index (χ1) is 17.2. The topological polar surface area (TPSA) is 9.23 Å². The zero-order valence-electron chi connectivity index (χ0n) is 21.3. The molecule has 0 aliphatic heterocycles. The average molecular weight is 511 g/mol. The third kappa shape index (κ3) is 7.13. The van der Waals surface area contributed by atoms with Gasteiger partial charge in [0.2, 0.25) is 5.75 Å². The minimum absolute atomic E-state index is 0.0619. The lowest BCUT2D eigenvalue weighted by Gasteiger charge is -2.32. The van der Waals surface area contributed by atoms with Gasteiger partial charge in [0.15, 0.2) is 11.6 Å². The zero-order chi connectivity index (χ0) is 25.7. The molecule has 0 amide bonds. The molecule has 200 valence electrons. The SMILES string of the molecule is CCCCCC1CCC(CCC2CCC(c3ccc4c(F)c(OC(F)(F)F)c(F)cc4c3)CC2)CC1. The molecule has 2 aliphatic carbocycles. The molecular weight excluding hydrogens is 471 g/mol. The molecule has 2 fully saturated rings. The summed E-state index contributed by atoms with van der Waals surface area (Å²) in [6.45, 7) is 2.27. The highest BCUT2D eigenvalue weighted by Gasteiger charge is 2.34. The number of hydrogen-bond acceptors (Lipinski definition) is 1. The van der Waals surface area contributed by atoms with Crippen LogP contribution in [0.1, 0.15) is 108 Å². The molecule has 0 bridgehead atoms. The van der Waals surface area contributed by atoms with Crippen LogP contribution in [0.15, 0.2) is 24.3 Å². The fourth-order valence-electron chi connectivity index (χ4n) is 6.54. The van der Waals surface area contributed by atoms with Gasteiger partial charge in [-0.3, -0.25) is 0 Å². The average Bonchev–Trinajstić information content (AvgIpc) is 2.86. The summed E-state index contributed by atoms with van der Waals surface area (Å²) in [5.41, 5.74) is 1.01. The van der Waals surface area contributed by atoms with Gasteiger partial charge in [0.05, 0.1) is 0 Å². The van der Waals surface area contributed by atoms with E-state index < -0.39 is 23.7 Å². The Morgan fingerprint density at radius 1 is 0.778 bits per heavy atom. The maximum atomic E-state index is 14.5. The molecule has 2 saturated carbocycles. The molecule has 0 heterocycles. The minimum atomic E-state index is -5.15. The van der Waals surface area contributed by atoms with Crippen molar-refractivity contribution in [2.75, 3.05) is 0 Å². The van der Waals surface area contributed by atoms with Gasteiger partial charge in [-0.1, -0.05) is 89.3 Å². The van der Waals surface area contributed by atoms with Gasteiger partial charge in [-0.2, -0.15) is 0 Å². The Kier molecular flexibility index (Phi) is 9.16. The molecule has 0 N–H and O–H groups in total. The molecule has 36 heavy (non-hydrogen) atoms. The lowest BCUT2D eigenvalue weighted by Crippen LogP contribution is -2.19. The van der Waals surface area contributed by atoms with Crippen molar-refractivity contribution in [3.8, 4) is 5.75 Å². The minimum Gasteiger partial charge on any atom is -0.399 e. The highest BCUT2D eigenvalue weighted by molar-refractivity contribution is 5.85. The normalized spacial score (nSPS) is 25.3. The van der Waals surface area contributed by atoms with Crippen molar-refractivity contribution in [3.05, 3.63) is 41.5 Å². The molecule has 0 atom stereocenters. The Morgan fingerprint density at radius 2 is 1.36 bits per heavy atom. The molecule has 0 radical (unpaired) electrons. The zero-order valence-corrected chi connectivity index (χ0v) is 21.3. The molecule has 2 aliphatic rings. The molecule has 1 nitrogen and oxygen atoms in total. The van der Waals surface area contributed by atoms with Crippen molar-refractivity contribution in [2.24, 2.45) is 17.8 Å². The number of ether oxygens (including phenoxy) is 1. The Balaban J connectivity index is 1.27. The van der Waals surface area contributed by atoms with Crippen LogP contribution >= 0.6 is 0 Å². The van der Waals surface area contributed by atoms with Gasteiger partial charge >= 0.3 is 6.36 Å². The van der Waals surface area contributed by atoms with E-state index in [0.717, 1.165) is 55.1 Å². The number of unbranched alkanes of at least 4 members (excludes halogenated alkanes) is 2. The van der Waals surface area contributed by atoms with Gasteiger partial charge in [-0.15, -0.1) is 13.2 Å². The summed E-state index contributed by atoms with van der Waals surface area (Å²) in [7, 11) is 0. The number of fused-ring (bicyclic) bond motifs is 1. The lowest BCUT2D eigenvalue weighted by molar-refractivity contribution is -0.276. The summed E-state index contributed by atoms with van der Waals surface area (Å²) < 4.78 is 69.9. The second-order valence-electron chi connectivity index (χ2n) is 11.2. The fraction of sp³-hybridized carbons (Fsp3) is 0.667. The maximum absolute atomic E-state index is 14.5. The molecule has 0 aromatic heterocycles. The van der Waals surface area contributed by atoms with Crippen LogP contribution in [0.25, 0.3) is 10.8 Å². The molecule has 2 aromatic rings. The van der Waals surface area contributed by atoms with E-state index in [9.17, 15) is 22.0 Å². The first-order valence-corrected chi connectivity index (χ1v) is 13.9. The molecule has 6 heteroatoms. The van der Waals surface area contributed by atoms with Crippen LogP contribution in [-0.2, 0) is 0 Å². The summed E-state index contributed by atoms with van der Waals surface area (Å²) >= 11 is 0. The quantitative estimate of drug-likeness (QED) is 0.241. The van der Waals surface area contributed by atoms with Crippen LogP contribution in [-0.4, -0.2) is 6.36 Å². The largest absolute Gasteiger partial charge is 0.573 e. The third-order valence-corrected chi connectivity index (χ3v) is 8.71. The second-order valence-corrected chi connectivity index (χ2v) is 11.2. The van der Waals surface area contributed by atoms with Crippen molar-refractivity contribution in [2.45, 2.75) is 109 Å². The molecule has 0 spiro atoms. The van der Waals surface area contributed by atoms with E-state index in [1.165, 1.54) is 70.3 Å². The van der Waals surface area contributed by atoms with Crippen LogP contribution in [0.3, 0.4) is 0 Å². The van der Waals surface area contributed by atoms with E-state index in [2.05, 4.69) is 11.7 Å². The standard InChI is InChI=1S/C30H39F5O/c1-2-3-4-5-20-6-8-21(9-7-20)10-11-22-12-14-23(15-13-22)24-16-17-26-25(18-24)19-27(31)29(28(26)32)36-30(33,34)35/h16-23H,2-15H2,1H3. The van der Waals surface area contributed by atoms with Crippen LogP contribution in [0, 0.1) is 29.4 Å². The van der Waals surface area contributed by atoms with Gasteiger partial charge in [0, 0.05) is 5.39 Å². The number of alkyl halides is 3. The summed E-state index contributed by atoms with van der Waals surface area (Å²) in [5, 5.41) is 0.206. The predicted octanol–water partition coefficient (Wildman–Crippen LogP) is 10.5. The molecule has 2 aromatic carbocycles. The molecule has 0 saturated heterocycles. The Labute approximate surface area is 211 Å². The number of halogens is 5. The monoisotopic (exact) mass is 510 g/mol. The lowest BCUT2D eigenvalue weighted by atomic mass is 9.74. The molecule has 4 rings (SSSR count). The summed E-state index contributed by atoms with van der Waals surface area (Å²) in [6.07, 6.45) is 13.0. The van der Waals surface area contributed by atoms with Crippen LogP contribution in [0.4, 0.5) is 22.0 Å². The summed E-state index contributed by atoms with van der Waals surface area (Å²) in [5.74, 6) is -1.13. The predicted molar refractivity (Wildman–Crippen MR) is 134 cm³/mol. The van der Waals surface area contributed by atoms with E-state index in [1.54, 1.807) is 12.1 Å². The van der Waals surface area contributed by atoms with Gasteiger partial charge in [-0.05, 0) is 66.4 Å². The van der Waals surface area contributed by atoms with Gasteiger partial charge in [-0.25, -0.2) is 8.78 Å². The first kappa shape index (κ1) is 27.2. The maximum Gasteiger partial charge on any atom is 0.573 e. The highest BCUT2D eigenvalue weighted by atomic mass is 19.4. The van der Waals surface area contributed by atoms with Crippen molar-refractivity contribution >= 4 is 10.8 Å². The van der Waals surface area contributed by atoms with E-state index >= 15 is 0 Å². The molecule has 0 unspecified atom stereocenters. The van der Waals surface area contributed by atoms with Crippen LogP contribution in [0.2, 0.25) is 0 Å². The Hall–Kier alpha value is -1.85. The molecular formula is C30H39F5O. The van der Waals surface area contributed by atoms with Crippen molar-refractivity contribution in [1.82, 2.24) is 0 Å². The number of rotatable bonds is 9. The number of benzene rings is 2. The van der Waals surface area contributed by atoms with E-state index in [-0.39, 0.29) is 10.8 Å². The van der Waals surface area contributed by atoms with Gasteiger partial charge in [0.25, 0.3) is 0 Å². The number of hydrogen-bond donors (Lipinski definition) is 0. The van der Waals surface area contributed by atoms with Crippen molar-refractivity contribution in [1.29, 1.82) is 0 Å². The van der Waals surface area contributed by atoms with E-state index in [0.29, 0.717) is 5.92 Å². The van der Waals surface area contributed by atoms with Crippen molar-refractivity contribution in [3.63, 3.8) is 0 Å². The highest BCUT2D eigenvalue weighted by Crippen LogP contribution is 2.42. The smallest absolute Gasteiger partial charge is 0.399 e. The van der Waals surface area contributed by atoms with Crippen LogP contribution < -0.4 is 4.74 Å².